The van der Waals surface area contributed by atoms with Gasteiger partial charge >= 0.3 is 11.9 Å². The number of thioether (sulfide) groups is 1. The van der Waals surface area contributed by atoms with Crippen LogP contribution in [0.1, 0.15) is 37.0 Å². The van der Waals surface area contributed by atoms with E-state index in [1.807, 2.05) is 6.92 Å². The molecular formula is C25H28N6O7S3. The van der Waals surface area contributed by atoms with Crippen molar-refractivity contribution in [2.75, 3.05) is 19.6 Å². The summed E-state index contributed by atoms with van der Waals surface area (Å²) < 4.78 is 10.4. The van der Waals surface area contributed by atoms with E-state index in [0.717, 1.165) is 21.9 Å². The minimum Gasteiger partial charge on any atom is -0.427 e. The van der Waals surface area contributed by atoms with Gasteiger partial charge in [-0.25, -0.2) is 14.8 Å². The Morgan fingerprint density at radius 1 is 1.22 bits per heavy atom. The number of nitrogens with one attached hydrogen (secondary N) is 1. The molecule has 3 N–H and O–H groups in total. The number of esters is 2. The van der Waals surface area contributed by atoms with E-state index in [1.165, 1.54) is 35.1 Å². The summed E-state index contributed by atoms with van der Waals surface area (Å²) in [7, 11) is 1.28. The number of ether oxygens (including phenoxy) is 2. The number of aryl methyl sites for hydroxylation is 1. The van der Waals surface area contributed by atoms with E-state index in [1.54, 1.807) is 49.2 Å². The van der Waals surface area contributed by atoms with Gasteiger partial charge in [0.05, 0.1) is 16.6 Å². The highest BCUT2D eigenvalue weighted by Crippen LogP contribution is 2.41. The summed E-state index contributed by atoms with van der Waals surface area (Å²) >= 11 is 3.81. The van der Waals surface area contributed by atoms with Crippen LogP contribution in [0.3, 0.4) is 0 Å². The number of nitrogens with zero attached hydrogens (tertiary/aromatic N) is 4. The number of hydrogen-bond donors (Lipinski definition) is 2. The second kappa shape index (κ2) is 12.4. The van der Waals surface area contributed by atoms with Gasteiger partial charge in [-0.1, -0.05) is 11.2 Å². The number of carbonyl (C=O) groups is 4. The van der Waals surface area contributed by atoms with Gasteiger partial charge in [-0.15, -0.1) is 34.4 Å². The number of amides is 2. The predicted molar refractivity (Wildman–Crippen MR) is 154 cm³/mol. The number of oxime groups is 1. The molecule has 2 aromatic heterocycles. The van der Waals surface area contributed by atoms with Crippen LogP contribution in [-0.2, 0) is 33.5 Å². The number of nitrogens with two attached hydrogens (primary N) is 1. The molecular weight excluding hydrogens is 593 g/mol. The summed E-state index contributed by atoms with van der Waals surface area (Å²) in [4.78, 5) is 67.1. The molecule has 0 aliphatic carbocycles. The molecule has 0 radical (unpaired) electrons. The maximum atomic E-state index is 13.4. The number of aromatic nitrogens is 2. The van der Waals surface area contributed by atoms with Crippen molar-refractivity contribution in [2.45, 2.75) is 45.2 Å². The molecule has 16 heteroatoms. The number of carbonyl (C=O) groups excluding carboxylic acids is 4. The van der Waals surface area contributed by atoms with Gasteiger partial charge in [-0.05, 0) is 44.8 Å². The summed E-state index contributed by atoms with van der Waals surface area (Å²) in [6.45, 7) is 6.27. The topological polar surface area (TPSA) is 175 Å². The van der Waals surface area contributed by atoms with Crippen LogP contribution in [0.4, 0.5) is 5.13 Å². The number of β-lactam (4-membered cyclic amide) rings is 1. The van der Waals surface area contributed by atoms with Crippen LogP contribution in [0.5, 0.6) is 0 Å². The lowest BCUT2D eigenvalue weighted by Gasteiger charge is -2.51. The molecule has 2 aromatic rings. The van der Waals surface area contributed by atoms with Crippen LogP contribution in [-0.4, -0.2) is 75.7 Å². The summed E-state index contributed by atoms with van der Waals surface area (Å²) in [5, 5.41) is 9.30. The molecule has 1 unspecified atom stereocenters. The third kappa shape index (κ3) is 6.60. The van der Waals surface area contributed by atoms with Crippen LogP contribution < -0.4 is 11.1 Å². The number of fused-ring (bicyclic) bond motifs is 1. The van der Waals surface area contributed by atoms with Gasteiger partial charge in [-0.3, -0.25) is 14.4 Å². The molecule has 218 valence electrons. The largest absolute Gasteiger partial charge is 0.427 e. The number of nitrogen functional groups attached to an aromatic ring is 1. The first kappa shape index (κ1) is 30.2. The zero-order chi connectivity index (χ0) is 29.9. The highest BCUT2D eigenvalue weighted by molar-refractivity contribution is 8.03. The Bertz CT molecular complexity index is 1440. The van der Waals surface area contributed by atoms with Gasteiger partial charge in [0.1, 0.15) is 24.2 Å². The smallest absolute Gasteiger partial charge is 0.336 e. The molecule has 3 atom stereocenters. The molecule has 0 saturated carbocycles. The summed E-state index contributed by atoms with van der Waals surface area (Å²) in [6.07, 6.45) is 3.52. The van der Waals surface area contributed by atoms with Gasteiger partial charge in [-0.2, -0.15) is 0 Å². The molecule has 2 aliphatic rings. The molecule has 2 amide bonds. The highest BCUT2D eigenvalue weighted by Gasteiger charge is 2.56. The molecule has 0 aromatic carbocycles. The molecule has 0 bridgehead atoms. The van der Waals surface area contributed by atoms with Crippen molar-refractivity contribution in [3.05, 3.63) is 44.2 Å². The Morgan fingerprint density at radius 2 is 1.98 bits per heavy atom. The maximum absolute atomic E-state index is 13.4. The van der Waals surface area contributed by atoms with Crippen LogP contribution in [0.2, 0.25) is 0 Å². The van der Waals surface area contributed by atoms with Crippen molar-refractivity contribution < 1.29 is 33.5 Å². The minimum absolute atomic E-state index is 0.150. The van der Waals surface area contributed by atoms with Crippen molar-refractivity contribution >= 4 is 75.1 Å². The molecule has 0 spiro atoms. The fourth-order valence-electron chi connectivity index (χ4n) is 3.77. The second-order valence-electron chi connectivity index (χ2n) is 9.84. The van der Waals surface area contributed by atoms with Gasteiger partial charge in [0, 0.05) is 10.3 Å². The minimum atomic E-state index is -1.13. The van der Waals surface area contributed by atoms with Crippen LogP contribution in [0.25, 0.3) is 6.08 Å². The average Bonchev–Trinajstić information content (AvgIpc) is 3.54. The molecule has 2 aliphatic heterocycles. The lowest BCUT2D eigenvalue weighted by atomic mass is 9.97. The lowest BCUT2D eigenvalue weighted by molar-refractivity contribution is -0.179. The maximum Gasteiger partial charge on any atom is 0.336 e. The van der Waals surface area contributed by atoms with E-state index in [-0.39, 0.29) is 16.5 Å². The number of rotatable bonds is 9. The fraction of sp³-hybridized carbons (Fsp3) is 0.400. The highest BCUT2D eigenvalue weighted by atomic mass is 32.2. The van der Waals surface area contributed by atoms with E-state index in [9.17, 15) is 19.2 Å². The Hall–Kier alpha value is -3.76. The standard InChI is InChI=1S/C25H28N6O7S3/c1-12-15(41-10-27-12)7-6-13-8-39-21-17(29-19(32)16(30-36-5)14-9-40-24(26)28-14)20(33)31(21)18(13)22(34)37-11-38-23(35)25(2,3)4/h6-10,17-18,21H,11H2,1-5H3,(H2,26,28)(H,29,32)/b7-6-,30-16+/t17-,18?,21-/m1/s1. The lowest BCUT2D eigenvalue weighted by Crippen LogP contribution is -2.74. The van der Waals surface area contributed by atoms with Crippen LogP contribution in [0, 0.1) is 12.3 Å². The van der Waals surface area contributed by atoms with Gasteiger partial charge in [0.25, 0.3) is 5.91 Å². The molecule has 13 nitrogen and oxygen atoms in total. The van der Waals surface area contributed by atoms with Crippen molar-refractivity contribution in [3.63, 3.8) is 0 Å². The van der Waals surface area contributed by atoms with Crippen molar-refractivity contribution in [1.29, 1.82) is 0 Å². The first-order chi connectivity index (χ1) is 19.4. The van der Waals surface area contributed by atoms with Crippen LogP contribution in [0.15, 0.2) is 33.1 Å². The monoisotopic (exact) mass is 620 g/mol. The van der Waals surface area contributed by atoms with Gasteiger partial charge in [0.2, 0.25) is 12.7 Å². The predicted octanol–water partition coefficient (Wildman–Crippen LogP) is 2.30. The normalized spacial score (nSPS) is 20.7. The summed E-state index contributed by atoms with van der Waals surface area (Å²) in [6, 6.07) is -2.10. The van der Waals surface area contributed by atoms with Gasteiger partial charge < -0.3 is 30.3 Å². The van der Waals surface area contributed by atoms with Crippen molar-refractivity contribution in [3.8, 4) is 0 Å². The van der Waals surface area contributed by atoms with Crippen LogP contribution >= 0.6 is 34.4 Å². The van der Waals surface area contributed by atoms with E-state index < -0.39 is 53.4 Å². The first-order valence-electron chi connectivity index (χ1n) is 12.2. The fourth-order valence-corrected chi connectivity index (χ4v) is 6.22. The summed E-state index contributed by atoms with van der Waals surface area (Å²) in [5.41, 5.74) is 7.96. The zero-order valence-electron chi connectivity index (χ0n) is 22.8. The SMILES string of the molecule is CO/N=C(/C(=O)N[C@@H]1C(=O)N2C(C(=O)OCOC(=O)C(C)(C)C)C(/C=C\c3scnc3C)=CS[C@H]12)c1csc(N)n1. The first-order valence-corrected chi connectivity index (χ1v) is 14.9. The van der Waals surface area contributed by atoms with Crippen molar-refractivity contribution in [2.24, 2.45) is 10.6 Å². The Kier molecular flexibility index (Phi) is 9.14. The molecule has 41 heavy (non-hydrogen) atoms. The molecule has 4 rings (SSSR count). The number of anilines is 1. The molecule has 4 heterocycles. The average molecular weight is 621 g/mol. The Balaban J connectivity index is 1.53. The molecule has 1 saturated heterocycles. The van der Waals surface area contributed by atoms with E-state index >= 15 is 0 Å². The van der Waals surface area contributed by atoms with Gasteiger partial charge in [0.15, 0.2) is 16.9 Å². The summed E-state index contributed by atoms with van der Waals surface area (Å²) in [5.74, 6) is -2.53. The van der Waals surface area contributed by atoms with E-state index in [4.69, 9.17) is 20.0 Å². The number of hydrogen-bond acceptors (Lipinski definition) is 14. The van der Waals surface area contributed by atoms with Crippen molar-refractivity contribution in [1.82, 2.24) is 20.2 Å². The second-order valence-corrected chi connectivity index (χ2v) is 12.6. The van der Waals surface area contributed by atoms with E-state index in [2.05, 4.69) is 20.4 Å². The zero-order valence-corrected chi connectivity index (χ0v) is 25.2. The Labute approximate surface area is 247 Å². The Morgan fingerprint density at radius 3 is 2.59 bits per heavy atom. The van der Waals surface area contributed by atoms with E-state index in [0.29, 0.717) is 5.57 Å². The molecule has 1 fully saturated rings. The number of thiazole rings is 2. The third-order valence-corrected chi connectivity index (χ3v) is 8.66. The third-order valence-electron chi connectivity index (χ3n) is 5.90. The quantitative estimate of drug-likeness (QED) is 0.138.